The van der Waals surface area contributed by atoms with Gasteiger partial charge in [-0.05, 0) is 43.1 Å². The van der Waals surface area contributed by atoms with Crippen LogP contribution >= 0.6 is 15.9 Å². The molecule has 0 bridgehead atoms. The van der Waals surface area contributed by atoms with Crippen molar-refractivity contribution >= 4 is 15.9 Å². The van der Waals surface area contributed by atoms with Gasteiger partial charge in [-0.2, -0.15) is 13.2 Å². The van der Waals surface area contributed by atoms with Crippen LogP contribution in [-0.4, -0.2) is 18.8 Å². The number of halogens is 5. The van der Waals surface area contributed by atoms with E-state index in [1.54, 1.807) is 0 Å². The van der Waals surface area contributed by atoms with E-state index in [0.717, 1.165) is 6.42 Å². The van der Waals surface area contributed by atoms with Crippen molar-refractivity contribution < 1.29 is 17.6 Å². The number of rotatable bonds is 6. The normalized spacial score (nSPS) is 13.6. The molecular formula is C13H16BrF4N. The third-order valence-electron chi connectivity index (χ3n) is 2.63. The Morgan fingerprint density at radius 2 is 2.00 bits per heavy atom. The minimum absolute atomic E-state index is 0.0186. The van der Waals surface area contributed by atoms with Crippen molar-refractivity contribution in [1.82, 2.24) is 5.32 Å². The van der Waals surface area contributed by atoms with E-state index >= 15 is 0 Å². The Hall–Kier alpha value is -0.620. The van der Waals surface area contributed by atoms with E-state index < -0.39 is 24.5 Å². The highest BCUT2D eigenvalue weighted by molar-refractivity contribution is 9.10. The molecule has 1 nitrogen and oxygen atoms in total. The Kier molecular flexibility index (Phi) is 6.26. The molecule has 0 saturated heterocycles. The molecule has 19 heavy (non-hydrogen) atoms. The van der Waals surface area contributed by atoms with Gasteiger partial charge in [0.25, 0.3) is 0 Å². The van der Waals surface area contributed by atoms with Gasteiger partial charge in [-0.1, -0.05) is 22.9 Å². The zero-order valence-corrected chi connectivity index (χ0v) is 12.1. The van der Waals surface area contributed by atoms with Gasteiger partial charge < -0.3 is 5.32 Å². The van der Waals surface area contributed by atoms with Crippen LogP contribution in [0.1, 0.15) is 25.3 Å². The SMILES string of the molecule is CCCNC(Cc1cc(Br)ccc1F)CC(F)(F)F. The lowest BCUT2D eigenvalue weighted by Crippen LogP contribution is -2.36. The maximum atomic E-state index is 13.6. The highest BCUT2D eigenvalue weighted by Gasteiger charge is 2.32. The van der Waals surface area contributed by atoms with Crippen molar-refractivity contribution in [2.45, 2.75) is 38.4 Å². The molecule has 0 amide bonds. The zero-order valence-electron chi connectivity index (χ0n) is 10.5. The van der Waals surface area contributed by atoms with Crippen LogP contribution in [-0.2, 0) is 6.42 Å². The Morgan fingerprint density at radius 3 is 2.58 bits per heavy atom. The smallest absolute Gasteiger partial charge is 0.313 e. The van der Waals surface area contributed by atoms with E-state index in [1.807, 2.05) is 6.92 Å². The first-order chi connectivity index (χ1) is 8.81. The minimum Gasteiger partial charge on any atom is -0.313 e. The zero-order chi connectivity index (χ0) is 14.5. The van der Waals surface area contributed by atoms with E-state index in [2.05, 4.69) is 21.2 Å². The number of hydrogen-bond acceptors (Lipinski definition) is 1. The van der Waals surface area contributed by atoms with E-state index in [1.165, 1.54) is 18.2 Å². The predicted octanol–water partition coefficient (Wildman–Crippen LogP) is 4.45. The first-order valence-electron chi connectivity index (χ1n) is 6.06. The summed E-state index contributed by atoms with van der Waals surface area (Å²) in [5, 5.41) is 2.82. The average Bonchev–Trinajstić information content (AvgIpc) is 2.29. The lowest BCUT2D eigenvalue weighted by Gasteiger charge is -2.20. The molecule has 0 heterocycles. The van der Waals surface area contributed by atoms with Crippen molar-refractivity contribution in [2.75, 3.05) is 6.54 Å². The van der Waals surface area contributed by atoms with E-state index in [0.29, 0.717) is 11.0 Å². The molecule has 1 rings (SSSR count). The first-order valence-corrected chi connectivity index (χ1v) is 6.85. The van der Waals surface area contributed by atoms with Gasteiger partial charge >= 0.3 is 6.18 Å². The topological polar surface area (TPSA) is 12.0 Å². The van der Waals surface area contributed by atoms with Crippen LogP contribution < -0.4 is 5.32 Å². The quantitative estimate of drug-likeness (QED) is 0.753. The van der Waals surface area contributed by atoms with Crippen LogP contribution in [0.4, 0.5) is 17.6 Å². The van der Waals surface area contributed by atoms with Gasteiger partial charge in [0.2, 0.25) is 0 Å². The molecule has 1 aromatic rings. The molecular weight excluding hydrogens is 326 g/mol. The molecule has 0 fully saturated rings. The molecule has 0 radical (unpaired) electrons. The molecule has 0 saturated carbocycles. The van der Waals surface area contributed by atoms with Gasteiger partial charge in [0.05, 0.1) is 6.42 Å². The summed E-state index contributed by atoms with van der Waals surface area (Å²) in [6.07, 6.45) is -4.47. The van der Waals surface area contributed by atoms with Gasteiger partial charge in [0, 0.05) is 10.5 Å². The summed E-state index contributed by atoms with van der Waals surface area (Å²) in [7, 11) is 0. The monoisotopic (exact) mass is 341 g/mol. The highest BCUT2D eigenvalue weighted by atomic mass is 79.9. The van der Waals surface area contributed by atoms with E-state index in [9.17, 15) is 17.6 Å². The maximum absolute atomic E-state index is 13.6. The van der Waals surface area contributed by atoms with Gasteiger partial charge in [-0.25, -0.2) is 4.39 Å². The summed E-state index contributed by atoms with van der Waals surface area (Å²) in [5.74, 6) is -0.478. The van der Waals surface area contributed by atoms with Crippen molar-refractivity contribution in [1.29, 1.82) is 0 Å². The second-order valence-electron chi connectivity index (χ2n) is 4.41. The van der Waals surface area contributed by atoms with Gasteiger partial charge in [0.1, 0.15) is 5.82 Å². The predicted molar refractivity (Wildman–Crippen MR) is 70.6 cm³/mol. The lowest BCUT2D eigenvalue weighted by atomic mass is 10.0. The highest BCUT2D eigenvalue weighted by Crippen LogP contribution is 2.24. The number of benzene rings is 1. The average molecular weight is 342 g/mol. The van der Waals surface area contributed by atoms with Crippen molar-refractivity contribution in [3.8, 4) is 0 Å². The van der Waals surface area contributed by atoms with Gasteiger partial charge in [-0.15, -0.1) is 0 Å². The third kappa shape index (κ3) is 6.38. The second-order valence-corrected chi connectivity index (χ2v) is 5.33. The Morgan fingerprint density at radius 1 is 1.32 bits per heavy atom. The minimum atomic E-state index is -4.26. The van der Waals surface area contributed by atoms with Gasteiger partial charge in [-0.3, -0.25) is 0 Å². The molecule has 1 N–H and O–H groups in total. The fourth-order valence-corrected chi connectivity index (χ4v) is 2.22. The molecule has 0 aromatic heterocycles. The Balaban J connectivity index is 2.78. The molecule has 0 aliphatic carbocycles. The fourth-order valence-electron chi connectivity index (χ4n) is 1.81. The van der Waals surface area contributed by atoms with Gasteiger partial charge in [0.15, 0.2) is 0 Å². The summed E-state index contributed by atoms with van der Waals surface area (Å²) in [6, 6.07) is 3.50. The first kappa shape index (κ1) is 16.4. The third-order valence-corrected chi connectivity index (χ3v) is 3.13. The number of nitrogens with one attached hydrogen (secondary N) is 1. The Bertz CT molecular complexity index is 406. The summed E-state index contributed by atoms with van der Waals surface area (Å²) >= 11 is 3.19. The summed E-state index contributed by atoms with van der Waals surface area (Å²) in [4.78, 5) is 0. The fraction of sp³-hybridized carbons (Fsp3) is 0.538. The second kappa shape index (κ2) is 7.24. The van der Waals surface area contributed by atoms with Crippen LogP contribution in [0, 0.1) is 5.82 Å². The summed E-state index contributed by atoms with van der Waals surface area (Å²) in [6.45, 7) is 2.35. The molecule has 1 unspecified atom stereocenters. The number of alkyl halides is 3. The standard InChI is InChI=1S/C13H16BrF4N/c1-2-5-19-11(8-13(16,17)18)7-9-6-10(14)3-4-12(9)15/h3-4,6,11,19H,2,5,7-8H2,1H3. The van der Waals surface area contributed by atoms with E-state index in [4.69, 9.17) is 0 Å². The summed E-state index contributed by atoms with van der Waals surface area (Å²) in [5.41, 5.74) is 0.284. The molecule has 6 heteroatoms. The Labute approximate surface area is 118 Å². The van der Waals surface area contributed by atoms with Crippen molar-refractivity contribution in [3.63, 3.8) is 0 Å². The molecule has 0 spiro atoms. The largest absolute Gasteiger partial charge is 0.390 e. The van der Waals surface area contributed by atoms with Crippen molar-refractivity contribution in [2.24, 2.45) is 0 Å². The summed E-state index contributed by atoms with van der Waals surface area (Å²) < 4.78 is 51.6. The lowest BCUT2D eigenvalue weighted by molar-refractivity contribution is -0.139. The van der Waals surface area contributed by atoms with Crippen LogP contribution in [0.15, 0.2) is 22.7 Å². The molecule has 0 aliphatic heterocycles. The number of hydrogen-bond donors (Lipinski definition) is 1. The van der Waals surface area contributed by atoms with E-state index in [-0.39, 0.29) is 12.0 Å². The van der Waals surface area contributed by atoms with Crippen LogP contribution in [0.25, 0.3) is 0 Å². The molecule has 108 valence electrons. The molecule has 1 aromatic carbocycles. The van der Waals surface area contributed by atoms with Crippen LogP contribution in [0.3, 0.4) is 0 Å². The van der Waals surface area contributed by atoms with Crippen molar-refractivity contribution in [3.05, 3.63) is 34.1 Å². The maximum Gasteiger partial charge on any atom is 0.390 e. The molecule has 0 aliphatic rings. The van der Waals surface area contributed by atoms with Crippen LogP contribution in [0.5, 0.6) is 0 Å². The van der Waals surface area contributed by atoms with Crippen LogP contribution in [0.2, 0.25) is 0 Å². The molecule has 1 atom stereocenters.